The summed E-state index contributed by atoms with van der Waals surface area (Å²) in [7, 11) is 0. The average molecular weight is 1690 g/mol. The summed E-state index contributed by atoms with van der Waals surface area (Å²) < 4.78 is 473. The van der Waals surface area contributed by atoms with E-state index in [1.54, 1.807) is 0 Å². The van der Waals surface area contributed by atoms with Crippen LogP contribution in [0.3, 0.4) is 0 Å². The molecule has 7 aromatic carbocycles. The molecule has 0 amide bonds. The van der Waals surface area contributed by atoms with Crippen LogP contribution in [0.25, 0.3) is 182 Å². The minimum atomic E-state index is -2.75. The molecule has 38 heteroatoms. The Kier molecular flexibility index (Phi) is 18.4. The van der Waals surface area contributed by atoms with Gasteiger partial charge in [-0.15, -0.1) is 0 Å². The Labute approximate surface area is 644 Å². The van der Waals surface area contributed by atoms with Gasteiger partial charge in [-0.05, 0) is 108 Å². The van der Waals surface area contributed by atoms with Gasteiger partial charge in [0.1, 0.15) is 0 Å². The van der Waals surface area contributed by atoms with Crippen molar-refractivity contribution < 1.29 is 132 Å². The second-order valence-electron chi connectivity index (χ2n) is 26.3. The monoisotopic (exact) mass is 1690 g/mol. The summed E-state index contributed by atoms with van der Waals surface area (Å²) in [4.78, 5) is 27.3. The van der Waals surface area contributed by atoms with E-state index >= 15 is 105 Å². The fourth-order valence-corrected chi connectivity index (χ4v) is 14.3. The zero-order valence-electron chi connectivity index (χ0n) is 57.7. The highest BCUT2D eigenvalue weighted by molar-refractivity contribution is 6.04. The third kappa shape index (κ3) is 11.5. The molecule has 4 aliphatic heterocycles. The Balaban J connectivity index is 0.997. The van der Waals surface area contributed by atoms with Gasteiger partial charge in [0.2, 0.25) is 34.9 Å². The van der Waals surface area contributed by atoms with E-state index < -0.39 is 342 Å². The van der Waals surface area contributed by atoms with E-state index in [1.807, 2.05) is 0 Å². The minimum absolute atomic E-state index is 0.268. The summed E-state index contributed by atoms with van der Waals surface area (Å²) in [6, 6.07) is 10.7. The molecule has 16 bridgehead atoms. The number of rotatable bonds is 8. The van der Waals surface area contributed by atoms with Gasteiger partial charge in [-0.25, -0.2) is 152 Å². The molecule has 602 valence electrons. The van der Waals surface area contributed by atoms with Crippen LogP contribution in [0.15, 0.2) is 72.8 Å². The van der Waals surface area contributed by atoms with Crippen LogP contribution in [0.2, 0.25) is 0 Å². The van der Waals surface area contributed by atoms with Crippen LogP contribution in [0.4, 0.5) is 132 Å². The lowest BCUT2D eigenvalue weighted by atomic mass is 9.98. The molecular weight excluding hydrogens is 1670 g/mol. The number of halogens is 30. The lowest BCUT2D eigenvalue weighted by Crippen LogP contribution is -2.06. The standard InChI is InChI=1S/C82H24F30N8/c83-53-47(54(84)66(96)77(107)65(53)95)41-27-9-5-23(113-27)39(24-6-10-28(114-24)42(48-55(85)67(97)78(108)68(98)56(48)86)32-14-18-36(118-32)45(35-17-13-31(41)117-35)51-61(91)73(103)81(111)74(104)62(51)92)21-1-2-22(4-3-21)40-25-7-11-29(115-25)43(49-57(87)69(99)79(109)70(100)58(49)88)33-15-19-37(119-33)46(52-63(93)75(105)82(112)76(106)64(52)94)38-20-16-34(120-38)44(30-12-8-26(40)116-30)50-59(89)71(101)80(110)72(102)60(50)90/h1-20,113,115,118,120H. The number of nitrogens with zero attached hydrogens (tertiary/aromatic N) is 4. The fraction of sp³-hybridized carbons (Fsp3) is 0. The van der Waals surface area contributed by atoms with Crippen LogP contribution in [0, 0.1) is 175 Å². The molecule has 0 saturated carbocycles. The van der Waals surface area contributed by atoms with Gasteiger partial charge in [-0.2, -0.15) is 0 Å². The van der Waals surface area contributed by atoms with Gasteiger partial charge in [-0.3, -0.25) is 0 Å². The van der Waals surface area contributed by atoms with Crippen molar-refractivity contribution in [2.45, 2.75) is 0 Å². The number of benzene rings is 7. The van der Waals surface area contributed by atoms with Gasteiger partial charge in [0, 0.05) is 88.6 Å². The maximum absolute atomic E-state index is 16.6. The zero-order chi connectivity index (χ0) is 85.6. The largest absolute Gasteiger partial charge is 0.354 e. The first-order valence-electron chi connectivity index (χ1n) is 33.6. The molecule has 0 fully saturated rings. The summed E-state index contributed by atoms with van der Waals surface area (Å²) in [5.41, 5.74) is -32.9. The lowest BCUT2D eigenvalue weighted by Gasteiger charge is -2.12. The van der Waals surface area contributed by atoms with Crippen molar-refractivity contribution in [3.05, 3.63) is 293 Å². The van der Waals surface area contributed by atoms with Crippen LogP contribution >= 0.6 is 0 Å². The van der Waals surface area contributed by atoms with Crippen molar-refractivity contribution in [3.63, 3.8) is 0 Å². The van der Waals surface area contributed by atoms with Gasteiger partial charge in [0.15, 0.2) is 140 Å². The van der Waals surface area contributed by atoms with E-state index in [1.165, 1.54) is 0 Å². The minimum Gasteiger partial charge on any atom is -0.354 e. The highest BCUT2D eigenvalue weighted by Crippen LogP contribution is 2.49. The predicted molar refractivity (Wildman–Crippen MR) is 374 cm³/mol. The van der Waals surface area contributed by atoms with Crippen LogP contribution in [0.5, 0.6) is 0 Å². The Bertz CT molecular complexity index is 6670. The van der Waals surface area contributed by atoms with Crippen LogP contribution < -0.4 is 0 Å². The summed E-state index contributed by atoms with van der Waals surface area (Å²) in [6.07, 6.45) is 6.12. The molecule has 0 saturated heterocycles. The van der Waals surface area contributed by atoms with Crippen molar-refractivity contribution >= 4 is 92.7 Å². The Morgan fingerprint density at radius 3 is 0.367 bits per heavy atom. The SMILES string of the molecule is Fc1c(F)c(F)c(-c2c3nc(c(-c4c(F)c(F)c(F)c(F)c4F)c4ccc([nH]4)c(-c4c(F)c(F)c(F)c(F)c4F)c4nc(c(-c5ccc(-c6c7nc(c(-c8c(F)c(F)c(F)c(F)c8F)c8ccc([nH]8)c(-c8c(F)c(F)c(F)c(F)c8F)c8nc(c(-c9c(F)c(F)c(F)c(F)c9F)c9ccc6[nH]9)C=C8)C=C7)cc5)c5ccc2[nH]5)C=C4)C=C3)c(F)c1F. The lowest BCUT2D eigenvalue weighted by molar-refractivity contribution is 0.381. The van der Waals surface area contributed by atoms with E-state index in [2.05, 4.69) is 39.9 Å². The fourth-order valence-electron chi connectivity index (χ4n) is 14.3. The molecule has 8 nitrogen and oxygen atoms in total. The van der Waals surface area contributed by atoms with E-state index in [-0.39, 0.29) is 11.1 Å². The van der Waals surface area contributed by atoms with Crippen molar-refractivity contribution in [2.24, 2.45) is 0 Å². The molecule has 0 unspecified atom stereocenters. The smallest absolute Gasteiger partial charge is 0.200 e. The Morgan fingerprint density at radius 2 is 0.233 bits per heavy atom. The Hall–Kier alpha value is -14.4. The molecule has 0 spiro atoms. The van der Waals surface area contributed by atoms with E-state index in [9.17, 15) is 26.3 Å². The normalized spacial score (nSPS) is 12.4. The number of hydrogen-bond acceptors (Lipinski definition) is 4. The highest BCUT2D eigenvalue weighted by Gasteiger charge is 2.38. The molecule has 17 rings (SSSR count). The summed E-state index contributed by atoms with van der Waals surface area (Å²) in [5.74, 6) is -79.3. The summed E-state index contributed by atoms with van der Waals surface area (Å²) >= 11 is 0. The van der Waals surface area contributed by atoms with Gasteiger partial charge in [0.05, 0.1) is 78.9 Å². The van der Waals surface area contributed by atoms with Crippen LogP contribution in [-0.4, -0.2) is 39.9 Å². The highest BCUT2D eigenvalue weighted by atomic mass is 19.2. The zero-order valence-corrected chi connectivity index (χ0v) is 57.7. The van der Waals surface area contributed by atoms with Crippen LogP contribution in [0.1, 0.15) is 45.6 Å². The number of hydrogen-bond donors (Lipinski definition) is 4. The number of aromatic amines is 4. The molecular formula is C82H24F30N8. The summed E-state index contributed by atoms with van der Waals surface area (Å²) in [6.45, 7) is 0. The second-order valence-corrected chi connectivity index (χ2v) is 26.3. The third-order valence-electron chi connectivity index (χ3n) is 19.7. The molecule has 4 aliphatic rings. The van der Waals surface area contributed by atoms with Crippen molar-refractivity contribution in [3.8, 4) is 89.0 Å². The van der Waals surface area contributed by atoms with E-state index in [0.29, 0.717) is 48.6 Å². The number of H-pyrrole nitrogens is 4. The molecule has 10 heterocycles. The molecule has 0 aliphatic carbocycles. The summed E-state index contributed by atoms with van der Waals surface area (Å²) in [5, 5.41) is 0. The first-order chi connectivity index (χ1) is 57.0. The third-order valence-corrected chi connectivity index (χ3v) is 19.7. The molecule has 13 aromatic rings. The van der Waals surface area contributed by atoms with E-state index in [4.69, 9.17) is 0 Å². The quantitative estimate of drug-likeness (QED) is 0.0689. The topological polar surface area (TPSA) is 115 Å². The first kappa shape index (κ1) is 78.2. The van der Waals surface area contributed by atoms with E-state index in [0.717, 1.165) is 72.8 Å². The van der Waals surface area contributed by atoms with Crippen molar-refractivity contribution in [1.82, 2.24) is 39.9 Å². The van der Waals surface area contributed by atoms with Crippen molar-refractivity contribution in [1.29, 1.82) is 0 Å². The first-order valence-corrected chi connectivity index (χ1v) is 33.6. The maximum atomic E-state index is 16.6. The molecule has 120 heavy (non-hydrogen) atoms. The van der Waals surface area contributed by atoms with Gasteiger partial charge in [0.25, 0.3) is 0 Å². The predicted octanol–water partition coefficient (Wildman–Crippen LogP) is 25.1. The van der Waals surface area contributed by atoms with Gasteiger partial charge in [-0.1, -0.05) is 24.3 Å². The maximum Gasteiger partial charge on any atom is 0.200 e. The number of fused-ring (bicyclic) bond motifs is 16. The second kappa shape index (κ2) is 28.2. The molecule has 0 radical (unpaired) electrons. The van der Waals surface area contributed by atoms with Crippen molar-refractivity contribution in [2.75, 3.05) is 0 Å². The van der Waals surface area contributed by atoms with Gasteiger partial charge < -0.3 is 19.9 Å². The number of nitrogens with one attached hydrogen (secondary N) is 4. The van der Waals surface area contributed by atoms with Gasteiger partial charge >= 0.3 is 0 Å². The molecule has 0 atom stereocenters. The molecule has 6 aromatic heterocycles. The molecule has 4 N–H and O–H groups in total. The Morgan fingerprint density at radius 1 is 0.125 bits per heavy atom. The average Bonchev–Trinajstić information content (AvgIpc) is 1.57. The van der Waals surface area contributed by atoms with Crippen LogP contribution in [-0.2, 0) is 0 Å². The number of aromatic nitrogens is 8.